The molecule has 0 fully saturated rings. The standard InChI is InChI=1S/C13H14FN3O3/c14-9-8-17(13(19)16-12(9)18)6-3-7-20-11-5-2-1-4-10(11)15/h1-2,4-5,8H,3,6-7,15H2,(H,16,18,19). The van der Waals surface area contributed by atoms with E-state index >= 15 is 0 Å². The Bertz CT molecular complexity index is 708. The van der Waals surface area contributed by atoms with Gasteiger partial charge in [0.2, 0.25) is 5.82 Å². The first-order valence-corrected chi connectivity index (χ1v) is 6.04. The van der Waals surface area contributed by atoms with Gasteiger partial charge in [-0.15, -0.1) is 0 Å². The fourth-order valence-electron chi connectivity index (χ4n) is 1.68. The summed E-state index contributed by atoms with van der Waals surface area (Å²) < 4.78 is 19.6. The van der Waals surface area contributed by atoms with Gasteiger partial charge in [-0.05, 0) is 18.6 Å². The van der Waals surface area contributed by atoms with Crippen LogP contribution in [0, 0.1) is 5.82 Å². The average Bonchev–Trinajstić information content (AvgIpc) is 2.42. The number of nitrogens with one attached hydrogen (secondary N) is 1. The fraction of sp³-hybridized carbons (Fsp3) is 0.231. The number of benzene rings is 1. The van der Waals surface area contributed by atoms with Crippen LogP contribution >= 0.6 is 0 Å². The number of nitrogens with two attached hydrogens (primary N) is 1. The minimum absolute atomic E-state index is 0.235. The predicted octanol–water partition coefficient (Wildman–Crippen LogP) is 0.727. The highest BCUT2D eigenvalue weighted by Gasteiger charge is 2.04. The van der Waals surface area contributed by atoms with Crippen molar-refractivity contribution in [3.8, 4) is 5.75 Å². The monoisotopic (exact) mass is 279 g/mol. The second-order valence-corrected chi connectivity index (χ2v) is 4.17. The van der Waals surface area contributed by atoms with Crippen LogP contribution < -0.4 is 21.7 Å². The van der Waals surface area contributed by atoms with E-state index in [1.807, 2.05) is 4.98 Å². The van der Waals surface area contributed by atoms with Crippen molar-refractivity contribution in [1.29, 1.82) is 0 Å². The second kappa shape index (κ2) is 6.05. The maximum atomic E-state index is 13.0. The number of ether oxygens (including phenoxy) is 1. The molecule has 0 radical (unpaired) electrons. The molecule has 0 amide bonds. The highest BCUT2D eigenvalue weighted by molar-refractivity contribution is 5.51. The van der Waals surface area contributed by atoms with Crippen molar-refractivity contribution in [2.45, 2.75) is 13.0 Å². The zero-order valence-corrected chi connectivity index (χ0v) is 10.6. The van der Waals surface area contributed by atoms with Gasteiger partial charge in [-0.3, -0.25) is 14.3 Å². The number of aromatic amines is 1. The van der Waals surface area contributed by atoms with Gasteiger partial charge in [0, 0.05) is 6.54 Å². The minimum atomic E-state index is -1.01. The van der Waals surface area contributed by atoms with Gasteiger partial charge in [0.05, 0.1) is 18.5 Å². The summed E-state index contributed by atoms with van der Waals surface area (Å²) in [7, 11) is 0. The van der Waals surface area contributed by atoms with Crippen LogP contribution in [0.5, 0.6) is 5.75 Å². The summed E-state index contributed by atoms with van der Waals surface area (Å²) in [5.41, 5.74) is 4.58. The van der Waals surface area contributed by atoms with Crippen LogP contribution in [0.3, 0.4) is 0 Å². The van der Waals surface area contributed by atoms with Gasteiger partial charge in [0.15, 0.2) is 0 Å². The number of anilines is 1. The Labute approximate surface area is 113 Å². The molecule has 2 rings (SSSR count). The number of aromatic nitrogens is 2. The molecule has 0 saturated carbocycles. The van der Waals surface area contributed by atoms with Crippen molar-refractivity contribution in [2.75, 3.05) is 12.3 Å². The molecule has 7 heteroatoms. The van der Waals surface area contributed by atoms with Crippen LogP contribution in [0.1, 0.15) is 6.42 Å². The molecule has 0 spiro atoms. The van der Waals surface area contributed by atoms with E-state index in [0.717, 1.165) is 10.8 Å². The highest BCUT2D eigenvalue weighted by Crippen LogP contribution is 2.19. The third-order valence-electron chi connectivity index (χ3n) is 2.69. The lowest BCUT2D eigenvalue weighted by atomic mass is 10.3. The van der Waals surface area contributed by atoms with Gasteiger partial charge in [-0.2, -0.15) is 4.39 Å². The zero-order chi connectivity index (χ0) is 14.5. The number of nitrogen functional groups attached to an aromatic ring is 1. The molecule has 20 heavy (non-hydrogen) atoms. The number of hydrogen-bond donors (Lipinski definition) is 2. The minimum Gasteiger partial charge on any atom is -0.491 e. The second-order valence-electron chi connectivity index (χ2n) is 4.17. The molecule has 0 aliphatic heterocycles. The molecule has 0 unspecified atom stereocenters. The van der Waals surface area contributed by atoms with Crippen LogP contribution in [-0.4, -0.2) is 16.2 Å². The van der Waals surface area contributed by atoms with Gasteiger partial charge in [-0.25, -0.2) is 4.79 Å². The number of nitrogens with zero attached hydrogens (tertiary/aromatic N) is 1. The molecule has 106 valence electrons. The van der Waals surface area contributed by atoms with E-state index < -0.39 is 17.1 Å². The topological polar surface area (TPSA) is 90.1 Å². The number of hydrogen-bond acceptors (Lipinski definition) is 4. The summed E-state index contributed by atoms with van der Waals surface area (Å²) in [4.78, 5) is 24.1. The van der Waals surface area contributed by atoms with Gasteiger partial charge in [0.1, 0.15) is 5.75 Å². The van der Waals surface area contributed by atoms with Crippen molar-refractivity contribution in [3.63, 3.8) is 0 Å². The lowest BCUT2D eigenvalue weighted by Gasteiger charge is -2.09. The Morgan fingerprint density at radius 3 is 2.80 bits per heavy atom. The number of para-hydroxylation sites is 2. The third kappa shape index (κ3) is 3.25. The predicted molar refractivity (Wildman–Crippen MR) is 72.2 cm³/mol. The Morgan fingerprint density at radius 2 is 2.05 bits per heavy atom. The van der Waals surface area contributed by atoms with Gasteiger partial charge < -0.3 is 10.5 Å². The first-order chi connectivity index (χ1) is 9.58. The van der Waals surface area contributed by atoms with Crippen LogP contribution in [0.2, 0.25) is 0 Å². The molecule has 0 aliphatic rings. The first kappa shape index (κ1) is 13.9. The smallest absolute Gasteiger partial charge is 0.328 e. The highest BCUT2D eigenvalue weighted by atomic mass is 19.1. The molecular formula is C13H14FN3O3. The Morgan fingerprint density at radius 1 is 1.30 bits per heavy atom. The van der Waals surface area contributed by atoms with Crippen LogP contribution in [0.15, 0.2) is 40.1 Å². The number of H-pyrrole nitrogens is 1. The van der Waals surface area contributed by atoms with Gasteiger partial charge in [0.25, 0.3) is 5.56 Å². The molecule has 0 bridgehead atoms. The van der Waals surface area contributed by atoms with Crippen molar-refractivity contribution >= 4 is 5.69 Å². The van der Waals surface area contributed by atoms with Crippen LogP contribution in [-0.2, 0) is 6.54 Å². The van der Waals surface area contributed by atoms with Gasteiger partial charge >= 0.3 is 5.69 Å². The molecular weight excluding hydrogens is 265 g/mol. The SMILES string of the molecule is Nc1ccccc1OCCCn1cc(F)c(=O)[nH]c1=O. The quantitative estimate of drug-likeness (QED) is 0.623. The summed E-state index contributed by atoms with van der Waals surface area (Å²) in [5, 5.41) is 0. The molecule has 0 atom stereocenters. The first-order valence-electron chi connectivity index (χ1n) is 6.04. The number of halogens is 1. The molecule has 3 N–H and O–H groups in total. The van der Waals surface area contributed by atoms with E-state index in [-0.39, 0.29) is 6.54 Å². The van der Waals surface area contributed by atoms with Gasteiger partial charge in [-0.1, -0.05) is 12.1 Å². The van der Waals surface area contributed by atoms with E-state index in [1.54, 1.807) is 24.3 Å². The summed E-state index contributed by atoms with van der Waals surface area (Å²) in [6.07, 6.45) is 1.36. The largest absolute Gasteiger partial charge is 0.491 e. The van der Waals surface area contributed by atoms with E-state index in [1.165, 1.54) is 0 Å². The number of aryl methyl sites for hydroxylation is 1. The summed E-state index contributed by atoms with van der Waals surface area (Å²) in [5.74, 6) is -0.426. The Balaban J connectivity index is 1.91. The lowest BCUT2D eigenvalue weighted by Crippen LogP contribution is -2.31. The molecule has 1 aromatic carbocycles. The lowest BCUT2D eigenvalue weighted by molar-refractivity contribution is 0.301. The fourth-order valence-corrected chi connectivity index (χ4v) is 1.68. The zero-order valence-electron chi connectivity index (χ0n) is 10.6. The molecule has 2 aromatic rings. The third-order valence-corrected chi connectivity index (χ3v) is 2.69. The molecule has 1 heterocycles. The average molecular weight is 279 g/mol. The van der Waals surface area contributed by atoms with E-state index in [4.69, 9.17) is 10.5 Å². The summed E-state index contributed by atoms with van der Waals surface area (Å²) in [6, 6.07) is 7.05. The van der Waals surface area contributed by atoms with E-state index in [2.05, 4.69) is 0 Å². The Hall–Kier alpha value is -2.57. The van der Waals surface area contributed by atoms with Crippen LogP contribution in [0.4, 0.5) is 10.1 Å². The van der Waals surface area contributed by atoms with Crippen LogP contribution in [0.25, 0.3) is 0 Å². The molecule has 1 aromatic heterocycles. The van der Waals surface area contributed by atoms with E-state index in [0.29, 0.717) is 24.5 Å². The summed E-state index contributed by atoms with van der Waals surface area (Å²) >= 11 is 0. The molecule has 0 aliphatic carbocycles. The Kier molecular flexibility index (Phi) is 4.19. The van der Waals surface area contributed by atoms with Crippen molar-refractivity contribution < 1.29 is 9.13 Å². The normalized spacial score (nSPS) is 10.4. The molecule has 0 saturated heterocycles. The maximum absolute atomic E-state index is 13.0. The van der Waals surface area contributed by atoms with Crippen molar-refractivity contribution in [2.24, 2.45) is 0 Å². The molecule has 6 nitrogen and oxygen atoms in total. The van der Waals surface area contributed by atoms with E-state index in [9.17, 15) is 14.0 Å². The maximum Gasteiger partial charge on any atom is 0.328 e. The van der Waals surface area contributed by atoms with Crippen molar-refractivity contribution in [3.05, 3.63) is 57.1 Å². The summed E-state index contributed by atoms with van der Waals surface area (Å²) in [6.45, 7) is 0.556. The van der Waals surface area contributed by atoms with Crippen molar-refractivity contribution in [1.82, 2.24) is 9.55 Å². The number of rotatable bonds is 5.